The summed E-state index contributed by atoms with van der Waals surface area (Å²) in [5, 5.41) is 2.36. The highest BCUT2D eigenvalue weighted by Crippen LogP contribution is 2.18. The van der Waals surface area contributed by atoms with Gasteiger partial charge in [0.25, 0.3) is 0 Å². The number of sulfone groups is 1. The maximum atomic E-state index is 12.4. The van der Waals surface area contributed by atoms with E-state index in [1.807, 2.05) is 19.0 Å². The molecule has 0 bridgehead atoms. The fourth-order valence-electron chi connectivity index (χ4n) is 3.23. The van der Waals surface area contributed by atoms with Crippen LogP contribution in [0.1, 0.15) is 38.1 Å². The summed E-state index contributed by atoms with van der Waals surface area (Å²) in [6.45, 7) is 5.34. The second kappa shape index (κ2) is 9.59. The van der Waals surface area contributed by atoms with Gasteiger partial charge in [-0.15, -0.1) is 0 Å². The highest BCUT2D eigenvalue weighted by molar-refractivity contribution is 7.92. The molecule has 0 saturated carbocycles. The lowest BCUT2D eigenvalue weighted by Gasteiger charge is -2.19. The van der Waals surface area contributed by atoms with Crippen LogP contribution in [0.2, 0.25) is 0 Å². The number of carbonyl (C=O) groups is 1. The van der Waals surface area contributed by atoms with Crippen molar-refractivity contribution in [2.24, 2.45) is 0 Å². The normalized spacial score (nSPS) is 14.2. The predicted octanol–water partition coefficient (Wildman–Crippen LogP) is 1.58. The van der Waals surface area contributed by atoms with E-state index in [0.29, 0.717) is 17.7 Å². The summed E-state index contributed by atoms with van der Waals surface area (Å²) in [5.74, 6) is 1.52. The summed E-state index contributed by atoms with van der Waals surface area (Å²) < 4.78 is 24.4. The van der Waals surface area contributed by atoms with Crippen molar-refractivity contribution in [1.82, 2.24) is 20.3 Å². The third-order valence-corrected chi connectivity index (χ3v) is 7.30. The monoisotopic (exact) mass is 446 g/mol. The van der Waals surface area contributed by atoms with Crippen LogP contribution in [0, 0.1) is 0 Å². The summed E-state index contributed by atoms with van der Waals surface area (Å²) >= 11 is 0. The maximum Gasteiger partial charge on any atom is 0.230 e. The first-order valence-corrected chi connectivity index (χ1v) is 12.0. The first-order valence-electron chi connectivity index (χ1n) is 10.4. The Morgan fingerprint density at radius 3 is 2.32 bits per heavy atom. The molecule has 1 fully saturated rings. The first kappa shape index (κ1) is 22.9. The zero-order valence-corrected chi connectivity index (χ0v) is 19.3. The number of amides is 1. The molecule has 1 saturated heterocycles. The number of hydrogen-bond donors (Lipinski definition) is 1. The zero-order valence-electron chi connectivity index (χ0n) is 18.5. The summed E-state index contributed by atoms with van der Waals surface area (Å²) in [6.07, 6.45) is 2.38. The number of nitrogens with zero attached hydrogens (tertiary/aromatic N) is 5. The van der Waals surface area contributed by atoms with E-state index in [1.54, 1.807) is 38.1 Å². The van der Waals surface area contributed by atoms with Gasteiger partial charge in [0.2, 0.25) is 17.8 Å². The van der Waals surface area contributed by atoms with E-state index in [9.17, 15) is 13.2 Å². The lowest BCUT2D eigenvalue weighted by atomic mass is 10.1. The molecule has 10 heteroatoms. The third kappa shape index (κ3) is 5.69. The number of rotatable bonds is 8. The first-order chi connectivity index (χ1) is 14.7. The number of hydrogen-bond acceptors (Lipinski definition) is 8. The van der Waals surface area contributed by atoms with Gasteiger partial charge in [0.15, 0.2) is 15.7 Å². The fourth-order valence-corrected chi connectivity index (χ4v) is 4.29. The van der Waals surface area contributed by atoms with E-state index in [2.05, 4.69) is 25.2 Å². The largest absolute Gasteiger partial charge is 0.349 e. The number of anilines is 2. The fraction of sp³-hybridized carbons (Fsp3) is 0.524. The molecule has 1 aromatic carbocycles. The van der Waals surface area contributed by atoms with Crippen molar-refractivity contribution in [3.8, 4) is 0 Å². The Morgan fingerprint density at radius 2 is 1.74 bits per heavy atom. The van der Waals surface area contributed by atoms with Gasteiger partial charge in [0, 0.05) is 27.2 Å². The van der Waals surface area contributed by atoms with Crippen molar-refractivity contribution in [3.63, 3.8) is 0 Å². The van der Waals surface area contributed by atoms with Crippen molar-refractivity contribution in [3.05, 3.63) is 35.7 Å². The van der Waals surface area contributed by atoms with Crippen LogP contribution in [0.4, 0.5) is 11.9 Å². The Balaban J connectivity index is 1.64. The van der Waals surface area contributed by atoms with Crippen LogP contribution in [0.25, 0.3) is 0 Å². The van der Waals surface area contributed by atoms with Crippen molar-refractivity contribution >= 4 is 27.6 Å². The van der Waals surface area contributed by atoms with Gasteiger partial charge in [0.1, 0.15) is 0 Å². The van der Waals surface area contributed by atoms with Crippen molar-refractivity contribution in [1.29, 1.82) is 0 Å². The van der Waals surface area contributed by atoms with E-state index in [4.69, 9.17) is 0 Å². The van der Waals surface area contributed by atoms with Crippen LogP contribution in [-0.2, 0) is 27.6 Å². The predicted molar refractivity (Wildman–Crippen MR) is 120 cm³/mol. The molecule has 1 amide bonds. The molecule has 0 radical (unpaired) electrons. The topological polar surface area (TPSA) is 108 Å². The Kier molecular flexibility index (Phi) is 7.09. The van der Waals surface area contributed by atoms with Gasteiger partial charge < -0.3 is 15.1 Å². The summed E-state index contributed by atoms with van der Waals surface area (Å²) in [5.41, 5.74) is 0.739. The van der Waals surface area contributed by atoms with E-state index in [1.165, 1.54) is 0 Å². The molecule has 9 nitrogen and oxygen atoms in total. The van der Waals surface area contributed by atoms with Gasteiger partial charge in [-0.25, -0.2) is 8.42 Å². The maximum absolute atomic E-state index is 12.4. The molecule has 0 atom stereocenters. The molecule has 1 aliphatic heterocycles. The molecule has 0 aliphatic carbocycles. The van der Waals surface area contributed by atoms with Gasteiger partial charge in [-0.2, -0.15) is 15.0 Å². The van der Waals surface area contributed by atoms with E-state index >= 15 is 0 Å². The van der Waals surface area contributed by atoms with Gasteiger partial charge in [-0.3, -0.25) is 4.79 Å². The van der Waals surface area contributed by atoms with Crippen molar-refractivity contribution in [2.45, 2.75) is 49.8 Å². The molecular weight excluding hydrogens is 416 g/mol. The number of benzene rings is 1. The Hall–Kier alpha value is -2.75. The Bertz CT molecular complexity index is 1020. The zero-order chi connectivity index (χ0) is 22.6. The van der Waals surface area contributed by atoms with Crippen LogP contribution < -0.4 is 15.1 Å². The molecule has 31 heavy (non-hydrogen) atoms. The summed E-state index contributed by atoms with van der Waals surface area (Å²) in [7, 11) is 0.418. The van der Waals surface area contributed by atoms with Crippen LogP contribution in [-0.4, -0.2) is 61.7 Å². The molecule has 1 aromatic heterocycles. The lowest BCUT2D eigenvalue weighted by Crippen LogP contribution is -2.28. The second-order valence-electron chi connectivity index (χ2n) is 8.13. The molecule has 1 N–H and O–H groups in total. The SMILES string of the molecule is CC(C)S(=O)(=O)c1ccc(CC(=O)NCc2nc(N(C)C)nc(N3CCCC3)n2)cc1. The minimum atomic E-state index is -3.32. The van der Waals surface area contributed by atoms with Crippen molar-refractivity contribution in [2.75, 3.05) is 37.0 Å². The minimum absolute atomic E-state index is 0.145. The molecule has 2 aromatic rings. The van der Waals surface area contributed by atoms with Gasteiger partial charge in [-0.1, -0.05) is 12.1 Å². The van der Waals surface area contributed by atoms with E-state index in [0.717, 1.165) is 31.5 Å². The standard InChI is InChI=1S/C21H30N6O3S/c1-15(2)31(29,30)17-9-7-16(8-10-17)13-19(28)22-14-18-23-20(26(3)4)25-21(24-18)27-11-5-6-12-27/h7-10,15H,5-6,11-14H2,1-4H3,(H,22,28). The average molecular weight is 447 g/mol. The van der Waals surface area contributed by atoms with Crippen LogP contribution in [0.5, 0.6) is 0 Å². The quantitative estimate of drug-likeness (QED) is 0.651. The van der Waals surface area contributed by atoms with Crippen LogP contribution >= 0.6 is 0 Å². The van der Waals surface area contributed by atoms with Gasteiger partial charge in [0.05, 0.1) is 23.1 Å². The van der Waals surface area contributed by atoms with Gasteiger partial charge in [-0.05, 0) is 44.4 Å². The smallest absolute Gasteiger partial charge is 0.230 e. The lowest BCUT2D eigenvalue weighted by molar-refractivity contribution is -0.120. The van der Waals surface area contributed by atoms with Crippen molar-refractivity contribution < 1.29 is 13.2 Å². The third-order valence-electron chi connectivity index (χ3n) is 5.13. The molecule has 0 unspecified atom stereocenters. The summed E-state index contributed by atoms with van der Waals surface area (Å²) in [6, 6.07) is 6.45. The molecule has 2 heterocycles. The van der Waals surface area contributed by atoms with Crippen LogP contribution in [0.15, 0.2) is 29.2 Å². The van der Waals surface area contributed by atoms with Crippen LogP contribution in [0.3, 0.4) is 0 Å². The second-order valence-corrected chi connectivity index (χ2v) is 10.6. The Labute approximate surface area is 183 Å². The highest BCUT2D eigenvalue weighted by Gasteiger charge is 2.20. The molecule has 3 rings (SSSR count). The molecule has 0 spiro atoms. The van der Waals surface area contributed by atoms with E-state index in [-0.39, 0.29) is 23.8 Å². The molecular formula is C21H30N6O3S. The number of aromatic nitrogens is 3. The Morgan fingerprint density at radius 1 is 1.10 bits per heavy atom. The summed E-state index contributed by atoms with van der Waals surface area (Å²) in [4.78, 5) is 30.1. The minimum Gasteiger partial charge on any atom is -0.349 e. The number of carbonyl (C=O) groups excluding carboxylic acids is 1. The number of nitrogens with one attached hydrogen (secondary N) is 1. The molecule has 168 valence electrons. The molecule has 1 aliphatic rings. The van der Waals surface area contributed by atoms with Gasteiger partial charge >= 0.3 is 0 Å². The van der Waals surface area contributed by atoms with E-state index < -0.39 is 15.1 Å². The average Bonchev–Trinajstić information content (AvgIpc) is 3.27. The highest BCUT2D eigenvalue weighted by atomic mass is 32.2.